The summed E-state index contributed by atoms with van der Waals surface area (Å²) in [5.74, 6) is 2.08. The number of likely N-dealkylation sites (N-methyl/N-ethyl adjacent to an activating group) is 1. The molecule has 0 amide bonds. The average molecular weight is 341 g/mol. The Morgan fingerprint density at radius 1 is 1.04 bits per heavy atom. The van der Waals surface area contributed by atoms with Crippen LogP contribution in [0, 0.1) is 0 Å². The van der Waals surface area contributed by atoms with Crippen molar-refractivity contribution in [3.05, 3.63) is 59.5 Å². The number of benzene rings is 1. The van der Waals surface area contributed by atoms with Crippen molar-refractivity contribution in [2.75, 3.05) is 39.8 Å². The quantitative estimate of drug-likeness (QED) is 0.835. The fraction of sp³-hybridized carbons (Fsp3) is 0.524. The molecule has 2 aromatic rings. The Hall–Kier alpha value is -1.62. The van der Waals surface area contributed by atoms with Crippen molar-refractivity contribution in [1.29, 1.82) is 0 Å². The van der Waals surface area contributed by atoms with E-state index in [1.165, 1.54) is 5.56 Å². The summed E-state index contributed by atoms with van der Waals surface area (Å²) in [6, 6.07) is 15.5. The summed E-state index contributed by atoms with van der Waals surface area (Å²) in [5, 5.41) is 3.80. The van der Waals surface area contributed by atoms with Crippen molar-refractivity contribution < 1.29 is 4.42 Å². The molecule has 0 unspecified atom stereocenters. The molecule has 3 rings (SSSR count). The number of piperazine rings is 1. The van der Waals surface area contributed by atoms with Gasteiger partial charge in [0, 0.05) is 45.2 Å². The van der Waals surface area contributed by atoms with Crippen LogP contribution in [0.25, 0.3) is 0 Å². The fourth-order valence-corrected chi connectivity index (χ4v) is 3.43. The van der Waals surface area contributed by atoms with Crippen LogP contribution in [-0.2, 0) is 6.42 Å². The van der Waals surface area contributed by atoms with Crippen LogP contribution in [-0.4, -0.2) is 49.6 Å². The van der Waals surface area contributed by atoms with Crippen molar-refractivity contribution in [3.63, 3.8) is 0 Å². The van der Waals surface area contributed by atoms with E-state index in [4.69, 9.17) is 4.42 Å². The maximum Gasteiger partial charge on any atom is 0.120 e. The van der Waals surface area contributed by atoms with Gasteiger partial charge in [0.25, 0.3) is 0 Å². The first kappa shape index (κ1) is 18.2. The van der Waals surface area contributed by atoms with Crippen LogP contribution in [0.4, 0.5) is 0 Å². The minimum Gasteiger partial charge on any atom is -0.464 e. The molecule has 0 saturated carbocycles. The minimum absolute atomic E-state index is 0.193. The first-order chi connectivity index (χ1) is 12.2. The molecule has 1 aliphatic heterocycles. The molecule has 0 radical (unpaired) electrons. The second-order valence-corrected chi connectivity index (χ2v) is 7.11. The highest BCUT2D eigenvalue weighted by Gasteiger charge is 2.22. The fourth-order valence-electron chi connectivity index (χ4n) is 3.43. The van der Waals surface area contributed by atoms with E-state index >= 15 is 0 Å². The molecule has 1 aromatic heterocycles. The Morgan fingerprint density at radius 3 is 2.40 bits per heavy atom. The van der Waals surface area contributed by atoms with Crippen LogP contribution >= 0.6 is 0 Å². The predicted octanol–water partition coefficient (Wildman–Crippen LogP) is 3.48. The molecule has 0 bridgehead atoms. The van der Waals surface area contributed by atoms with Gasteiger partial charge in [0.15, 0.2) is 0 Å². The zero-order valence-electron chi connectivity index (χ0n) is 15.7. The van der Waals surface area contributed by atoms with E-state index in [2.05, 4.69) is 78.5 Å². The van der Waals surface area contributed by atoms with Crippen molar-refractivity contribution in [2.24, 2.45) is 0 Å². The highest BCUT2D eigenvalue weighted by molar-refractivity contribution is 5.20. The van der Waals surface area contributed by atoms with Gasteiger partial charge in [-0.1, -0.05) is 37.3 Å². The number of hydrogen-bond donors (Lipinski definition) is 1. The standard InChI is InChI=1S/C21H31N3O/c1-4-19-10-11-21(25-19)17(2)22-20(18-8-6-5-7-9-18)16-24-14-12-23(3)13-15-24/h5-11,17,20,22H,4,12-16H2,1-3H3/t17-,20-/m0/s1. The van der Waals surface area contributed by atoms with E-state index in [0.717, 1.165) is 50.7 Å². The molecule has 1 aromatic carbocycles. The number of nitrogens with one attached hydrogen (secondary N) is 1. The van der Waals surface area contributed by atoms with Gasteiger partial charge in [-0.2, -0.15) is 0 Å². The molecule has 2 heterocycles. The van der Waals surface area contributed by atoms with Gasteiger partial charge in [-0.25, -0.2) is 0 Å². The summed E-state index contributed by atoms with van der Waals surface area (Å²) in [7, 11) is 2.20. The third-order valence-electron chi connectivity index (χ3n) is 5.15. The van der Waals surface area contributed by atoms with Crippen molar-refractivity contribution in [3.8, 4) is 0 Å². The zero-order valence-corrected chi connectivity index (χ0v) is 15.7. The lowest BCUT2D eigenvalue weighted by Crippen LogP contribution is -2.47. The van der Waals surface area contributed by atoms with E-state index in [0.29, 0.717) is 6.04 Å². The van der Waals surface area contributed by atoms with Crippen LogP contribution in [0.15, 0.2) is 46.9 Å². The van der Waals surface area contributed by atoms with Crippen molar-refractivity contribution in [1.82, 2.24) is 15.1 Å². The molecule has 2 atom stereocenters. The largest absolute Gasteiger partial charge is 0.464 e. The van der Waals surface area contributed by atoms with Crippen LogP contribution in [0.2, 0.25) is 0 Å². The van der Waals surface area contributed by atoms with Crippen LogP contribution in [0.5, 0.6) is 0 Å². The Balaban J connectivity index is 1.69. The molecule has 4 heteroatoms. The van der Waals surface area contributed by atoms with Crippen LogP contribution in [0.3, 0.4) is 0 Å². The molecule has 136 valence electrons. The molecular formula is C21H31N3O. The van der Waals surface area contributed by atoms with Crippen LogP contribution < -0.4 is 5.32 Å². The van der Waals surface area contributed by atoms with Gasteiger partial charge < -0.3 is 9.32 Å². The molecule has 25 heavy (non-hydrogen) atoms. The number of rotatable bonds is 7. The van der Waals surface area contributed by atoms with E-state index in [9.17, 15) is 0 Å². The van der Waals surface area contributed by atoms with E-state index in [1.54, 1.807) is 0 Å². The summed E-state index contributed by atoms with van der Waals surface area (Å²) < 4.78 is 5.95. The molecule has 1 saturated heterocycles. The predicted molar refractivity (Wildman–Crippen MR) is 103 cm³/mol. The lowest BCUT2D eigenvalue weighted by molar-refractivity contribution is 0.139. The summed E-state index contributed by atoms with van der Waals surface area (Å²) in [5.41, 5.74) is 1.34. The van der Waals surface area contributed by atoms with Gasteiger partial charge in [0.2, 0.25) is 0 Å². The average Bonchev–Trinajstić information content (AvgIpc) is 3.13. The lowest BCUT2D eigenvalue weighted by atomic mass is 10.0. The molecule has 1 N–H and O–H groups in total. The van der Waals surface area contributed by atoms with Crippen LogP contribution in [0.1, 0.15) is 43.0 Å². The van der Waals surface area contributed by atoms with Gasteiger partial charge in [-0.3, -0.25) is 10.2 Å². The summed E-state index contributed by atoms with van der Waals surface area (Å²) >= 11 is 0. The SMILES string of the molecule is CCc1ccc([C@H](C)N[C@@H](CN2CCN(C)CC2)c2ccccc2)o1. The second kappa shape index (κ2) is 8.65. The topological polar surface area (TPSA) is 31.6 Å². The molecule has 1 fully saturated rings. The van der Waals surface area contributed by atoms with Gasteiger partial charge in [0.05, 0.1) is 6.04 Å². The maximum absolute atomic E-state index is 5.95. The summed E-state index contributed by atoms with van der Waals surface area (Å²) in [6.45, 7) is 9.92. The highest BCUT2D eigenvalue weighted by Crippen LogP contribution is 2.23. The second-order valence-electron chi connectivity index (χ2n) is 7.11. The molecule has 0 spiro atoms. The lowest BCUT2D eigenvalue weighted by Gasteiger charge is -2.35. The smallest absolute Gasteiger partial charge is 0.120 e. The first-order valence-electron chi connectivity index (χ1n) is 9.46. The number of hydrogen-bond acceptors (Lipinski definition) is 4. The Labute approximate surface area is 151 Å². The monoisotopic (exact) mass is 341 g/mol. The number of aryl methyl sites for hydroxylation is 1. The van der Waals surface area contributed by atoms with Gasteiger partial charge in [-0.05, 0) is 31.7 Å². The normalized spacial score (nSPS) is 19.0. The summed E-state index contributed by atoms with van der Waals surface area (Å²) in [4.78, 5) is 4.97. The molecule has 1 aliphatic rings. The maximum atomic E-state index is 5.95. The van der Waals surface area contributed by atoms with E-state index < -0.39 is 0 Å². The number of nitrogens with zero attached hydrogens (tertiary/aromatic N) is 2. The van der Waals surface area contributed by atoms with Crippen molar-refractivity contribution in [2.45, 2.75) is 32.4 Å². The van der Waals surface area contributed by atoms with Crippen molar-refractivity contribution >= 4 is 0 Å². The van der Waals surface area contributed by atoms with Gasteiger partial charge >= 0.3 is 0 Å². The van der Waals surface area contributed by atoms with E-state index in [-0.39, 0.29) is 6.04 Å². The Kier molecular flexibility index (Phi) is 6.29. The van der Waals surface area contributed by atoms with E-state index in [1.807, 2.05) is 0 Å². The minimum atomic E-state index is 0.193. The molecular weight excluding hydrogens is 310 g/mol. The highest BCUT2D eigenvalue weighted by atomic mass is 16.3. The zero-order chi connectivity index (χ0) is 17.6. The van der Waals surface area contributed by atoms with Gasteiger partial charge in [-0.15, -0.1) is 0 Å². The van der Waals surface area contributed by atoms with Gasteiger partial charge in [0.1, 0.15) is 11.5 Å². The first-order valence-corrected chi connectivity index (χ1v) is 9.46. The molecule has 4 nitrogen and oxygen atoms in total. The third kappa shape index (κ3) is 4.94. The Bertz CT molecular complexity index is 632. The number of furan rings is 1. The Morgan fingerprint density at radius 2 is 1.76 bits per heavy atom. The third-order valence-corrected chi connectivity index (χ3v) is 5.15. The molecule has 0 aliphatic carbocycles. The summed E-state index contributed by atoms with van der Waals surface area (Å²) in [6.07, 6.45) is 0.941.